The maximum atomic E-state index is 7.61. The van der Waals surface area contributed by atoms with Crippen molar-refractivity contribution in [1.82, 2.24) is 0 Å². The molecule has 0 atom stereocenters. The topological polar surface area (TPSA) is 49.7 Å². The Bertz CT molecular complexity index is 251. The lowest BCUT2D eigenvalue weighted by Gasteiger charge is -2.06. The summed E-state index contributed by atoms with van der Waals surface area (Å²) in [5, 5.41) is 15.2. The van der Waals surface area contributed by atoms with Crippen LogP contribution in [0.2, 0.25) is 6.82 Å². The van der Waals surface area contributed by atoms with Gasteiger partial charge in [-0.15, -0.1) is 0 Å². The first kappa shape index (κ1) is 13.0. The number of rotatable bonds is 1. The van der Waals surface area contributed by atoms with E-state index in [2.05, 4.69) is 0 Å². The van der Waals surface area contributed by atoms with Crippen LogP contribution in [-0.2, 0) is 0 Å². The normalized spacial score (nSPS) is 8.71. The minimum Gasteiger partial charge on any atom is -0.496 e. The lowest BCUT2D eigenvalue weighted by molar-refractivity contribution is 0.408. The molecule has 0 aromatic heterocycles. The highest BCUT2D eigenvalue weighted by molar-refractivity contribution is 6.38. The zero-order chi connectivity index (χ0) is 11.1. The van der Waals surface area contributed by atoms with Crippen LogP contribution in [0.5, 0.6) is 5.75 Å². The molecule has 0 aliphatic rings. The van der Waals surface area contributed by atoms with E-state index in [4.69, 9.17) is 14.8 Å². The molecule has 0 unspecified atom stereocenters. The van der Waals surface area contributed by atoms with Crippen LogP contribution in [0.25, 0.3) is 0 Å². The molecule has 0 saturated carbocycles. The molecule has 1 aromatic rings. The Morgan fingerprint density at radius 1 is 1.14 bits per heavy atom. The predicted octanol–water partition coefficient (Wildman–Crippen LogP) is 1.40. The first-order valence-corrected chi connectivity index (χ1v) is 4.45. The molecule has 4 heteroatoms. The smallest absolute Gasteiger partial charge is 0.448 e. The van der Waals surface area contributed by atoms with Crippen LogP contribution < -0.4 is 4.74 Å². The van der Waals surface area contributed by atoms with Gasteiger partial charge >= 0.3 is 7.12 Å². The van der Waals surface area contributed by atoms with E-state index < -0.39 is 7.12 Å². The number of methoxy groups -OCH3 is 1. The van der Waals surface area contributed by atoms with E-state index in [1.54, 1.807) is 7.11 Å². The molecule has 0 spiro atoms. The first-order valence-electron chi connectivity index (χ1n) is 4.45. The molecule has 0 heterocycles. The maximum absolute atomic E-state index is 7.61. The summed E-state index contributed by atoms with van der Waals surface area (Å²) in [5.74, 6) is 1.00. The Kier molecular flexibility index (Phi) is 6.00. The Labute approximate surface area is 85.5 Å². The lowest BCUT2D eigenvalue weighted by atomic mass is 9.99. The number of benzene rings is 1. The molecular formula is C10H17BO3. The van der Waals surface area contributed by atoms with E-state index in [1.807, 2.05) is 32.0 Å². The van der Waals surface area contributed by atoms with Crippen LogP contribution in [0.4, 0.5) is 0 Å². The SMILES string of the molecule is CB(O)O.COc1c(C)cccc1C. The summed E-state index contributed by atoms with van der Waals surface area (Å²) in [4.78, 5) is 0. The van der Waals surface area contributed by atoms with Crippen molar-refractivity contribution in [1.29, 1.82) is 0 Å². The van der Waals surface area contributed by atoms with E-state index in [0.717, 1.165) is 5.75 Å². The molecule has 2 N–H and O–H groups in total. The largest absolute Gasteiger partial charge is 0.496 e. The van der Waals surface area contributed by atoms with Gasteiger partial charge in [0.15, 0.2) is 0 Å². The second kappa shape index (κ2) is 6.46. The van der Waals surface area contributed by atoms with E-state index in [9.17, 15) is 0 Å². The molecule has 1 aromatic carbocycles. The Balaban J connectivity index is 0.000000364. The molecule has 1 rings (SSSR count). The van der Waals surface area contributed by atoms with Crippen LogP contribution >= 0.6 is 0 Å². The average molecular weight is 196 g/mol. The molecule has 0 aliphatic heterocycles. The van der Waals surface area contributed by atoms with Crippen molar-refractivity contribution in [3.05, 3.63) is 29.3 Å². The molecule has 14 heavy (non-hydrogen) atoms. The lowest BCUT2D eigenvalue weighted by Crippen LogP contribution is -2.00. The van der Waals surface area contributed by atoms with Crippen molar-refractivity contribution in [2.24, 2.45) is 0 Å². The highest BCUT2D eigenvalue weighted by Gasteiger charge is 1.98. The van der Waals surface area contributed by atoms with Gasteiger partial charge < -0.3 is 14.8 Å². The number of aryl methyl sites for hydroxylation is 2. The van der Waals surface area contributed by atoms with Gasteiger partial charge in [-0.3, -0.25) is 0 Å². The molecule has 0 bridgehead atoms. The Hall–Kier alpha value is -0.995. The van der Waals surface area contributed by atoms with Gasteiger partial charge in [0.05, 0.1) is 7.11 Å². The molecular weight excluding hydrogens is 179 g/mol. The molecule has 0 aliphatic carbocycles. The summed E-state index contributed by atoms with van der Waals surface area (Å²) in [6.07, 6.45) is 0. The second-order valence-corrected chi connectivity index (χ2v) is 3.06. The fourth-order valence-electron chi connectivity index (χ4n) is 1.12. The van der Waals surface area contributed by atoms with Gasteiger partial charge in [0.1, 0.15) is 5.75 Å². The van der Waals surface area contributed by atoms with Gasteiger partial charge in [0.2, 0.25) is 0 Å². The summed E-state index contributed by atoms with van der Waals surface area (Å²) in [5.41, 5.74) is 2.39. The van der Waals surface area contributed by atoms with Gasteiger partial charge in [-0.1, -0.05) is 18.2 Å². The maximum Gasteiger partial charge on any atom is 0.448 e. The molecule has 3 nitrogen and oxygen atoms in total. The zero-order valence-corrected chi connectivity index (χ0v) is 9.11. The molecule has 0 fully saturated rings. The van der Waals surface area contributed by atoms with Crippen molar-refractivity contribution in [2.75, 3.05) is 7.11 Å². The first-order chi connectivity index (χ1) is 6.49. The van der Waals surface area contributed by atoms with Crippen molar-refractivity contribution >= 4 is 7.12 Å². The summed E-state index contributed by atoms with van der Waals surface area (Å²) >= 11 is 0. The summed E-state index contributed by atoms with van der Waals surface area (Å²) in [7, 11) is 0.537. The third-order valence-corrected chi connectivity index (χ3v) is 1.61. The van der Waals surface area contributed by atoms with Gasteiger partial charge in [-0.05, 0) is 31.8 Å². The van der Waals surface area contributed by atoms with E-state index in [1.165, 1.54) is 17.9 Å². The van der Waals surface area contributed by atoms with Crippen LogP contribution in [0.3, 0.4) is 0 Å². The third-order valence-electron chi connectivity index (χ3n) is 1.61. The van der Waals surface area contributed by atoms with Crippen LogP contribution in [0.1, 0.15) is 11.1 Å². The van der Waals surface area contributed by atoms with Crippen molar-refractivity contribution < 1.29 is 14.8 Å². The highest BCUT2D eigenvalue weighted by atomic mass is 16.5. The van der Waals surface area contributed by atoms with Gasteiger partial charge in [0, 0.05) is 0 Å². The number of para-hydroxylation sites is 1. The van der Waals surface area contributed by atoms with E-state index in [-0.39, 0.29) is 0 Å². The number of ether oxygens (including phenoxy) is 1. The van der Waals surface area contributed by atoms with Gasteiger partial charge in [0.25, 0.3) is 0 Å². The van der Waals surface area contributed by atoms with Crippen molar-refractivity contribution in [3.8, 4) is 5.75 Å². The summed E-state index contributed by atoms with van der Waals surface area (Å²) in [6, 6.07) is 6.13. The van der Waals surface area contributed by atoms with Crippen LogP contribution in [0.15, 0.2) is 18.2 Å². The van der Waals surface area contributed by atoms with Gasteiger partial charge in [-0.25, -0.2) is 0 Å². The standard InChI is InChI=1S/C9H12O.CH5BO2/c1-7-5-4-6-8(2)9(7)10-3;1-2(3)4/h4-6H,1-3H3;3-4H,1H3. The molecule has 0 saturated heterocycles. The van der Waals surface area contributed by atoms with Gasteiger partial charge in [-0.2, -0.15) is 0 Å². The molecule has 78 valence electrons. The molecule has 0 amide bonds. The quantitative estimate of drug-likeness (QED) is 0.667. The minimum absolute atomic E-state index is 1.00. The number of hydrogen-bond donors (Lipinski definition) is 2. The molecule has 0 radical (unpaired) electrons. The zero-order valence-electron chi connectivity index (χ0n) is 9.11. The third kappa shape index (κ3) is 4.89. The van der Waals surface area contributed by atoms with Crippen molar-refractivity contribution in [3.63, 3.8) is 0 Å². The average Bonchev–Trinajstić information content (AvgIpc) is 2.03. The van der Waals surface area contributed by atoms with Crippen molar-refractivity contribution in [2.45, 2.75) is 20.7 Å². The monoisotopic (exact) mass is 196 g/mol. The summed E-state index contributed by atoms with van der Waals surface area (Å²) in [6.45, 7) is 5.37. The Morgan fingerprint density at radius 3 is 1.71 bits per heavy atom. The van der Waals surface area contributed by atoms with E-state index in [0.29, 0.717) is 0 Å². The van der Waals surface area contributed by atoms with E-state index >= 15 is 0 Å². The van der Waals surface area contributed by atoms with Crippen LogP contribution in [-0.4, -0.2) is 24.3 Å². The predicted molar refractivity (Wildman–Crippen MR) is 58.5 cm³/mol. The second-order valence-electron chi connectivity index (χ2n) is 3.06. The fourth-order valence-corrected chi connectivity index (χ4v) is 1.12. The number of hydrogen-bond acceptors (Lipinski definition) is 3. The summed E-state index contributed by atoms with van der Waals surface area (Å²) < 4.78 is 5.18. The highest BCUT2D eigenvalue weighted by Crippen LogP contribution is 2.20. The minimum atomic E-state index is -1.17. The van der Waals surface area contributed by atoms with Crippen LogP contribution in [0, 0.1) is 13.8 Å². The fraction of sp³-hybridized carbons (Fsp3) is 0.400. The Morgan fingerprint density at radius 2 is 1.50 bits per heavy atom.